The zero-order valence-corrected chi connectivity index (χ0v) is 5.26. The molecule has 0 fully saturated rings. The van der Waals surface area contributed by atoms with Crippen molar-refractivity contribution in [2.45, 2.75) is 19.0 Å². The van der Waals surface area contributed by atoms with Gasteiger partial charge in [-0.1, -0.05) is 0 Å². The number of alkyl halides is 2. The predicted octanol–water partition coefficient (Wildman–Crippen LogP) is 0.917. The first-order valence-electron chi connectivity index (χ1n) is 3.01. The van der Waals surface area contributed by atoms with Crippen LogP contribution in [0.5, 0.6) is 0 Å². The molecule has 1 rings (SSSR count). The lowest BCUT2D eigenvalue weighted by molar-refractivity contribution is -0.0120. The Kier molecular flexibility index (Phi) is 2.21. The highest BCUT2D eigenvalue weighted by molar-refractivity contribution is 5.04. The van der Waals surface area contributed by atoms with Crippen LogP contribution in [0.2, 0.25) is 0 Å². The van der Waals surface area contributed by atoms with Gasteiger partial charge in [-0.15, -0.1) is 0 Å². The quantitative estimate of drug-likeness (QED) is 0.634. The second kappa shape index (κ2) is 2.96. The second-order valence-electron chi connectivity index (χ2n) is 2.02. The van der Waals surface area contributed by atoms with E-state index in [1.165, 1.54) is 6.08 Å². The molecular weight excluding hydrogens is 142 g/mol. The number of rotatable bonds is 2. The van der Waals surface area contributed by atoms with E-state index in [1.54, 1.807) is 0 Å². The van der Waals surface area contributed by atoms with Gasteiger partial charge in [0.2, 0.25) is 0 Å². The average molecular weight is 150 g/mol. The third-order valence-corrected chi connectivity index (χ3v) is 1.26. The molecule has 0 spiro atoms. The smallest absolute Gasteiger partial charge is 0.271 e. The Morgan fingerprint density at radius 2 is 2.30 bits per heavy atom. The minimum atomic E-state index is -2.75. The van der Waals surface area contributed by atoms with Crippen molar-refractivity contribution >= 4 is 0 Å². The van der Waals surface area contributed by atoms with Crippen LogP contribution in [0.4, 0.5) is 8.78 Å². The first-order chi connectivity index (χ1) is 4.72. The molecule has 10 heavy (non-hydrogen) atoms. The Morgan fingerprint density at radius 1 is 1.60 bits per heavy atom. The van der Waals surface area contributed by atoms with Crippen molar-refractivity contribution in [3.05, 3.63) is 11.8 Å². The van der Waals surface area contributed by atoms with E-state index in [0.29, 0.717) is 13.0 Å². The van der Waals surface area contributed by atoms with Gasteiger partial charge in [0.25, 0.3) is 6.43 Å². The molecular formula is C6H8F2O2. The molecule has 0 bridgehead atoms. The van der Waals surface area contributed by atoms with E-state index in [9.17, 15) is 8.78 Å². The zero-order valence-electron chi connectivity index (χ0n) is 5.26. The lowest BCUT2D eigenvalue weighted by Crippen LogP contribution is -2.20. The summed E-state index contributed by atoms with van der Waals surface area (Å²) in [5.74, 6) is 0.00926. The van der Waals surface area contributed by atoms with E-state index in [-0.39, 0.29) is 5.76 Å². The Bertz CT molecular complexity index is 145. The molecule has 1 aliphatic heterocycles. The minimum Gasteiger partial charge on any atom is -0.495 e. The van der Waals surface area contributed by atoms with E-state index >= 15 is 0 Å². The van der Waals surface area contributed by atoms with Gasteiger partial charge in [-0.3, -0.25) is 0 Å². The highest BCUT2D eigenvalue weighted by Gasteiger charge is 2.24. The van der Waals surface area contributed by atoms with Crippen LogP contribution in [0.25, 0.3) is 0 Å². The Hall–Kier alpha value is -0.640. The molecule has 0 saturated heterocycles. The lowest BCUT2D eigenvalue weighted by atomic mass is 10.3. The molecule has 0 aromatic rings. The topological polar surface area (TPSA) is 29.5 Å². The normalized spacial score (nSPS) is 20.6. The summed E-state index contributed by atoms with van der Waals surface area (Å²) in [7, 11) is 0. The van der Waals surface area contributed by atoms with Crippen molar-refractivity contribution in [2.24, 2.45) is 0 Å². The molecule has 0 aromatic heterocycles. The van der Waals surface area contributed by atoms with Gasteiger partial charge in [0.05, 0.1) is 6.61 Å². The number of aliphatic hydroxyl groups excluding tert-OH is 1. The van der Waals surface area contributed by atoms with Crippen LogP contribution in [0.1, 0.15) is 6.42 Å². The first kappa shape index (κ1) is 7.47. The van der Waals surface area contributed by atoms with Crippen LogP contribution < -0.4 is 0 Å². The van der Waals surface area contributed by atoms with E-state index in [4.69, 9.17) is 9.84 Å². The van der Waals surface area contributed by atoms with Gasteiger partial charge in [0.1, 0.15) is 5.76 Å². The van der Waals surface area contributed by atoms with Crippen LogP contribution in [-0.2, 0) is 4.74 Å². The maximum atomic E-state index is 11.7. The highest BCUT2D eigenvalue weighted by Crippen LogP contribution is 2.17. The molecule has 4 heteroatoms. The fourth-order valence-corrected chi connectivity index (χ4v) is 0.767. The maximum Gasteiger partial charge on any atom is 0.271 e. The van der Waals surface area contributed by atoms with E-state index < -0.39 is 12.5 Å². The van der Waals surface area contributed by atoms with Gasteiger partial charge in [0.15, 0.2) is 6.10 Å². The molecule has 0 amide bonds. The van der Waals surface area contributed by atoms with Crippen LogP contribution in [0, 0.1) is 0 Å². The van der Waals surface area contributed by atoms with Crippen LogP contribution in [0.3, 0.4) is 0 Å². The van der Waals surface area contributed by atoms with Crippen molar-refractivity contribution < 1.29 is 18.6 Å². The number of hydrogen-bond acceptors (Lipinski definition) is 2. The van der Waals surface area contributed by atoms with Gasteiger partial charge >= 0.3 is 0 Å². The summed E-state index contributed by atoms with van der Waals surface area (Å²) in [6, 6.07) is 0. The van der Waals surface area contributed by atoms with Gasteiger partial charge in [0, 0.05) is 6.42 Å². The van der Waals surface area contributed by atoms with Crippen LogP contribution >= 0.6 is 0 Å². The SMILES string of the molecule is OC(C1=CCCO1)C(F)F. The zero-order chi connectivity index (χ0) is 7.56. The van der Waals surface area contributed by atoms with Gasteiger partial charge < -0.3 is 9.84 Å². The number of halogens is 2. The average Bonchev–Trinajstić information content (AvgIpc) is 2.36. The molecule has 1 atom stereocenters. The molecule has 1 N–H and O–H groups in total. The fraction of sp³-hybridized carbons (Fsp3) is 0.667. The summed E-state index contributed by atoms with van der Waals surface area (Å²) in [5, 5.41) is 8.68. The van der Waals surface area contributed by atoms with Crippen LogP contribution in [-0.4, -0.2) is 24.2 Å². The molecule has 58 valence electrons. The summed E-state index contributed by atoms with van der Waals surface area (Å²) in [5.41, 5.74) is 0. The molecule has 1 heterocycles. The molecule has 2 nitrogen and oxygen atoms in total. The number of ether oxygens (including phenoxy) is 1. The van der Waals surface area contributed by atoms with Crippen molar-refractivity contribution in [3.8, 4) is 0 Å². The highest BCUT2D eigenvalue weighted by atomic mass is 19.3. The monoisotopic (exact) mass is 150 g/mol. The number of hydrogen-bond donors (Lipinski definition) is 1. The lowest BCUT2D eigenvalue weighted by Gasteiger charge is -2.09. The number of aliphatic hydroxyl groups is 1. The summed E-state index contributed by atoms with van der Waals surface area (Å²) >= 11 is 0. The van der Waals surface area contributed by atoms with Gasteiger partial charge in [-0.2, -0.15) is 0 Å². The van der Waals surface area contributed by atoms with Crippen molar-refractivity contribution in [2.75, 3.05) is 6.61 Å². The van der Waals surface area contributed by atoms with Crippen molar-refractivity contribution in [1.82, 2.24) is 0 Å². The Labute approximate surface area is 57.1 Å². The molecule has 1 unspecified atom stereocenters. The molecule has 0 radical (unpaired) electrons. The van der Waals surface area contributed by atoms with E-state index in [2.05, 4.69) is 0 Å². The largest absolute Gasteiger partial charge is 0.495 e. The fourth-order valence-electron chi connectivity index (χ4n) is 0.767. The molecule has 0 aliphatic carbocycles. The molecule has 0 saturated carbocycles. The summed E-state index contributed by atoms with van der Waals surface area (Å²) < 4.78 is 28.1. The standard InChI is InChI=1S/C6H8F2O2/c7-6(8)5(9)4-2-1-3-10-4/h2,5-6,9H,1,3H2. The van der Waals surface area contributed by atoms with E-state index in [1.807, 2.05) is 0 Å². The summed E-state index contributed by atoms with van der Waals surface area (Å²) in [4.78, 5) is 0. The first-order valence-corrected chi connectivity index (χ1v) is 3.01. The maximum absolute atomic E-state index is 11.7. The Balaban J connectivity index is 2.47. The summed E-state index contributed by atoms with van der Waals surface area (Å²) in [6.07, 6.45) is -2.39. The third-order valence-electron chi connectivity index (χ3n) is 1.26. The Morgan fingerprint density at radius 3 is 2.70 bits per heavy atom. The van der Waals surface area contributed by atoms with Gasteiger partial charge in [-0.25, -0.2) is 8.78 Å². The molecule has 1 aliphatic rings. The van der Waals surface area contributed by atoms with E-state index in [0.717, 1.165) is 0 Å². The van der Waals surface area contributed by atoms with Gasteiger partial charge in [-0.05, 0) is 6.08 Å². The molecule has 0 aromatic carbocycles. The van der Waals surface area contributed by atoms with Crippen molar-refractivity contribution in [3.63, 3.8) is 0 Å². The third kappa shape index (κ3) is 1.44. The minimum absolute atomic E-state index is 0.00926. The summed E-state index contributed by atoms with van der Waals surface area (Å²) in [6.45, 7) is 0.402. The van der Waals surface area contributed by atoms with Crippen LogP contribution in [0.15, 0.2) is 11.8 Å². The second-order valence-corrected chi connectivity index (χ2v) is 2.02. The van der Waals surface area contributed by atoms with Crippen molar-refractivity contribution in [1.29, 1.82) is 0 Å². The predicted molar refractivity (Wildman–Crippen MR) is 30.7 cm³/mol.